The van der Waals surface area contributed by atoms with Crippen molar-refractivity contribution in [1.82, 2.24) is 10.0 Å². The molecule has 1 aromatic heterocycles. The Balaban J connectivity index is 1.59. The molecule has 5 nitrogen and oxygen atoms in total. The van der Waals surface area contributed by atoms with Crippen molar-refractivity contribution < 1.29 is 13.2 Å². The molecule has 2 N–H and O–H groups in total. The SMILES string of the molecule is CC(C)c1ccc(C(NC(=O)c2cccc(S(=O)(=O)NC3CC3)c2)c2cccs2)cc1. The van der Waals surface area contributed by atoms with E-state index >= 15 is 0 Å². The zero-order valence-corrected chi connectivity index (χ0v) is 19.2. The van der Waals surface area contributed by atoms with Gasteiger partial charge in [-0.25, -0.2) is 13.1 Å². The molecule has 31 heavy (non-hydrogen) atoms. The van der Waals surface area contributed by atoms with Crippen LogP contribution >= 0.6 is 11.3 Å². The lowest BCUT2D eigenvalue weighted by atomic mass is 9.98. The Hall–Kier alpha value is -2.48. The Morgan fingerprint density at radius 2 is 1.71 bits per heavy atom. The van der Waals surface area contributed by atoms with Gasteiger partial charge < -0.3 is 5.32 Å². The van der Waals surface area contributed by atoms with Crippen molar-refractivity contribution in [3.05, 3.63) is 87.6 Å². The van der Waals surface area contributed by atoms with Crippen LogP contribution in [0.15, 0.2) is 70.9 Å². The predicted molar refractivity (Wildman–Crippen MR) is 124 cm³/mol. The first kappa shape index (κ1) is 21.7. The summed E-state index contributed by atoms with van der Waals surface area (Å²) < 4.78 is 27.7. The van der Waals surface area contributed by atoms with Crippen molar-refractivity contribution in [2.24, 2.45) is 0 Å². The Bertz CT molecular complexity index is 1150. The molecule has 1 fully saturated rings. The van der Waals surface area contributed by atoms with E-state index in [0.29, 0.717) is 11.5 Å². The van der Waals surface area contributed by atoms with E-state index in [1.807, 2.05) is 29.6 Å². The van der Waals surface area contributed by atoms with Gasteiger partial charge in [-0.3, -0.25) is 4.79 Å². The maximum atomic E-state index is 13.1. The molecule has 1 heterocycles. The molecule has 162 valence electrons. The van der Waals surface area contributed by atoms with Crippen molar-refractivity contribution >= 4 is 27.3 Å². The predicted octanol–water partition coefficient (Wildman–Crippen LogP) is 4.83. The minimum absolute atomic E-state index is 0.0134. The van der Waals surface area contributed by atoms with Crippen LogP contribution in [0.2, 0.25) is 0 Å². The average molecular weight is 455 g/mol. The summed E-state index contributed by atoms with van der Waals surface area (Å²) >= 11 is 1.57. The summed E-state index contributed by atoms with van der Waals surface area (Å²) in [6.07, 6.45) is 1.72. The summed E-state index contributed by atoms with van der Waals surface area (Å²) in [5.41, 5.74) is 2.54. The van der Waals surface area contributed by atoms with Crippen LogP contribution in [0.25, 0.3) is 0 Å². The van der Waals surface area contributed by atoms with Gasteiger partial charge >= 0.3 is 0 Å². The fourth-order valence-electron chi connectivity index (χ4n) is 3.36. The van der Waals surface area contributed by atoms with Crippen LogP contribution in [0.4, 0.5) is 0 Å². The highest BCUT2D eigenvalue weighted by Crippen LogP contribution is 2.28. The molecule has 3 aromatic rings. The number of rotatable bonds is 8. The van der Waals surface area contributed by atoms with Gasteiger partial charge in [0.1, 0.15) is 0 Å². The zero-order chi connectivity index (χ0) is 22.0. The van der Waals surface area contributed by atoms with Crippen LogP contribution in [-0.2, 0) is 10.0 Å². The van der Waals surface area contributed by atoms with E-state index in [9.17, 15) is 13.2 Å². The van der Waals surface area contributed by atoms with Gasteiger partial charge in [-0.05, 0) is 59.5 Å². The van der Waals surface area contributed by atoms with Crippen molar-refractivity contribution in [3.8, 4) is 0 Å². The van der Waals surface area contributed by atoms with Crippen LogP contribution in [0.3, 0.4) is 0 Å². The number of sulfonamides is 1. The van der Waals surface area contributed by atoms with Crippen LogP contribution < -0.4 is 10.0 Å². The van der Waals surface area contributed by atoms with E-state index < -0.39 is 10.0 Å². The number of thiophene rings is 1. The van der Waals surface area contributed by atoms with Gasteiger partial charge in [-0.1, -0.05) is 50.2 Å². The smallest absolute Gasteiger partial charge is 0.252 e. The van der Waals surface area contributed by atoms with Gasteiger partial charge in [0.2, 0.25) is 10.0 Å². The lowest BCUT2D eigenvalue weighted by molar-refractivity contribution is 0.0943. The largest absolute Gasteiger partial charge is 0.340 e. The lowest BCUT2D eigenvalue weighted by Crippen LogP contribution is -2.29. The third kappa shape index (κ3) is 5.23. The van der Waals surface area contributed by atoms with Crippen LogP contribution in [0.1, 0.15) is 65.0 Å². The van der Waals surface area contributed by atoms with Gasteiger partial charge in [0.15, 0.2) is 0 Å². The summed E-state index contributed by atoms with van der Waals surface area (Å²) in [5.74, 6) is 0.118. The molecule has 1 aliphatic carbocycles. The summed E-state index contributed by atoms with van der Waals surface area (Å²) in [7, 11) is -3.62. The van der Waals surface area contributed by atoms with Crippen LogP contribution in [0, 0.1) is 0 Å². The summed E-state index contributed by atoms with van der Waals surface area (Å²) in [6.45, 7) is 4.29. The van der Waals surface area contributed by atoms with Crippen LogP contribution in [0.5, 0.6) is 0 Å². The molecule has 0 radical (unpaired) electrons. The van der Waals surface area contributed by atoms with Crippen LogP contribution in [-0.4, -0.2) is 20.4 Å². The van der Waals surface area contributed by atoms with Crippen molar-refractivity contribution in [2.45, 2.75) is 49.6 Å². The first-order chi connectivity index (χ1) is 14.8. The summed E-state index contributed by atoms with van der Waals surface area (Å²) in [5, 5.41) is 5.07. The number of amides is 1. The second kappa shape index (κ2) is 8.94. The standard InChI is InChI=1S/C24H26N2O3S2/c1-16(2)17-8-10-18(11-9-17)23(22-7-4-14-30-22)25-24(27)19-5-3-6-21(15-19)31(28,29)26-20-12-13-20/h3-11,14-16,20,23,26H,12-13H2,1-2H3,(H,25,27). The molecule has 0 saturated heterocycles. The van der Waals surface area contributed by atoms with Crippen molar-refractivity contribution in [2.75, 3.05) is 0 Å². The molecule has 1 amide bonds. The minimum Gasteiger partial charge on any atom is -0.340 e. The Morgan fingerprint density at radius 1 is 1.00 bits per heavy atom. The highest BCUT2D eigenvalue weighted by molar-refractivity contribution is 7.89. The molecule has 0 aliphatic heterocycles. The van der Waals surface area contributed by atoms with E-state index in [1.165, 1.54) is 17.7 Å². The number of hydrogen-bond acceptors (Lipinski definition) is 4. The van der Waals surface area contributed by atoms with Crippen molar-refractivity contribution in [1.29, 1.82) is 0 Å². The van der Waals surface area contributed by atoms with Gasteiger partial charge in [0.25, 0.3) is 5.91 Å². The fourth-order valence-corrected chi connectivity index (χ4v) is 5.51. The molecule has 2 aromatic carbocycles. The van der Waals surface area contributed by atoms with Crippen molar-refractivity contribution in [3.63, 3.8) is 0 Å². The number of nitrogens with one attached hydrogen (secondary N) is 2. The molecule has 0 bridgehead atoms. The molecule has 4 rings (SSSR count). The van der Waals surface area contributed by atoms with Gasteiger partial charge in [-0.15, -0.1) is 11.3 Å². The normalized spacial score (nSPS) is 15.1. The van der Waals surface area contributed by atoms with Gasteiger partial charge in [0, 0.05) is 16.5 Å². The molecular weight excluding hydrogens is 428 g/mol. The fraction of sp³-hybridized carbons (Fsp3) is 0.292. The topological polar surface area (TPSA) is 75.3 Å². The quantitative estimate of drug-likeness (QED) is 0.512. The monoisotopic (exact) mass is 454 g/mol. The van der Waals surface area contributed by atoms with E-state index in [-0.39, 0.29) is 22.9 Å². The Labute approximate surface area is 187 Å². The minimum atomic E-state index is -3.62. The number of carbonyl (C=O) groups excluding carboxylic acids is 1. The molecular formula is C24H26N2O3S2. The Kier molecular flexibility index (Phi) is 6.27. The lowest BCUT2D eigenvalue weighted by Gasteiger charge is -2.19. The Morgan fingerprint density at radius 3 is 2.32 bits per heavy atom. The highest BCUT2D eigenvalue weighted by atomic mass is 32.2. The zero-order valence-electron chi connectivity index (χ0n) is 17.5. The molecule has 7 heteroatoms. The highest BCUT2D eigenvalue weighted by Gasteiger charge is 2.28. The molecule has 1 aliphatic rings. The van der Waals surface area contributed by atoms with Gasteiger partial charge in [-0.2, -0.15) is 0 Å². The maximum absolute atomic E-state index is 13.1. The van der Waals surface area contributed by atoms with E-state index in [2.05, 4.69) is 36.0 Å². The number of benzene rings is 2. The second-order valence-electron chi connectivity index (χ2n) is 8.17. The average Bonchev–Trinajstić information content (AvgIpc) is 3.39. The number of carbonyl (C=O) groups is 1. The van der Waals surface area contributed by atoms with Gasteiger partial charge in [0.05, 0.1) is 10.9 Å². The van der Waals surface area contributed by atoms with E-state index in [0.717, 1.165) is 23.3 Å². The third-order valence-electron chi connectivity index (χ3n) is 5.35. The summed E-state index contributed by atoms with van der Waals surface area (Å²) in [6, 6.07) is 18.1. The maximum Gasteiger partial charge on any atom is 0.252 e. The first-order valence-electron chi connectivity index (χ1n) is 10.4. The molecule has 1 unspecified atom stereocenters. The molecule has 0 spiro atoms. The first-order valence-corrected chi connectivity index (χ1v) is 12.8. The molecule has 1 saturated carbocycles. The van der Waals surface area contributed by atoms with E-state index in [1.54, 1.807) is 23.5 Å². The molecule has 1 atom stereocenters. The second-order valence-corrected chi connectivity index (χ2v) is 10.9. The van der Waals surface area contributed by atoms with E-state index in [4.69, 9.17) is 0 Å². The number of hydrogen-bond donors (Lipinski definition) is 2. The third-order valence-corrected chi connectivity index (χ3v) is 7.80. The summed E-state index contributed by atoms with van der Waals surface area (Å²) in [4.78, 5) is 14.2.